The van der Waals surface area contributed by atoms with Crippen molar-refractivity contribution in [1.82, 2.24) is 9.78 Å². The van der Waals surface area contributed by atoms with Crippen LogP contribution in [0.5, 0.6) is 0 Å². The number of aromatic nitrogens is 2. The van der Waals surface area contributed by atoms with Crippen LogP contribution in [0.4, 0.5) is 5.82 Å². The van der Waals surface area contributed by atoms with E-state index in [2.05, 4.69) is 45.1 Å². The van der Waals surface area contributed by atoms with Crippen LogP contribution in [0.1, 0.15) is 58.1 Å². The topological polar surface area (TPSA) is 43.8 Å². The zero-order valence-electron chi connectivity index (χ0n) is 12.8. The first kappa shape index (κ1) is 14.6. The molecule has 0 saturated heterocycles. The van der Waals surface area contributed by atoms with Gasteiger partial charge in [0, 0.05) is 24.1 Å². The number of hydrogen-bond donors (Lipinski definition) is 1. The van der Waals surface area contributed by atoms with Crippen molar-refractivity contribution < 1.29 is 0 Å². The number of allylic oxidation sites excluding steroid dienone is 6. The van der Waals surface area contributed by atoms with Gasteiger partial charge in [-0.05, 0) is 25.8 Å². The van der Waals surface area contributed by atoms with Crippen LogP contribution in [0.3, 0.4) is 0 Å². The summed E-state index contributed by atoms with van der Waals surface area (Å²) in [6.07, 6.45) is 12.7. The minimum absolute atomic E-state index is 0.516. The molecule has 1 aromatic heterocycles. The van der Waals surface area contributed by atoms with E-state index in [0.29, 0.717) is 5.92 Å². The number of nitrogen functional groups attached to an aromatic ring is 1. The largest absolute Gasteiger partial charge is 0.384 e. The summed E-state index contributed by atoms with van der Waals surface area (Å²) in [4.78, 5) is 0. The Labute approximate surface area is 121 Å². The van der Waals surface area contributed by atoms with Crippen LogP contribution >= 0.6 is 0 Å². The van der Waals surface area contributed by atoms with E-state index in [1.54, 1.807) is 0 Å². The SMILES string of the molecule is CCCC(CC)c1cc(N)n(C2=CC=CC=C(C)C2)n1. The molecule has 1 aromatic rings. The van der Waals surface area contributed by atoms with Crippen molar-refractivity contribution in [3.63, 3.8) is 0 Å². The summed E-state index contributed by atoms with van der Waals surface area (Å²) in [7, 11) is 0. The fourth-order valence-electron chi connectivity index (χ4n) is 2.69. The molecule has 0 fully saturated rings. The summed E-state index contributed by atoms with van der Waals surface area (Å²) in [6, 6.07) is 2.04. The van der Waals surface area contributed by atoms with Crippen LogP contribution < -0.4 is 5.73 Å². The molecule has 0 saturated carbocycles. The molecule has 0 radical (unpaired) electrons. The summed E-state index contributed by atoms with van der Waals surface area (Å²) in [5.41, 5.74) is 9.76. The maximum Gasteiger partial charge on any atom is 0.127 e. The van der Waals surface area contributed by atoms with Crippen LogP contribution in [0.15, 0.2) is 35.9 Å². The molecule has 0 bridgehead atoms. The molecule has 1 aliphatic rings. The van der Waals surface area contributed by atoms with Crippen LogP contribution in [-0.4, -0.2) is 9.78 Å². The van der Waals surface area contributed by atoms with Gasteiger partial charge in [0.15, 0.2) is 0 Å². The molecule has 3 nitrogen and oxygen atoms in total. The third kappa shape index (κ3) is 3.21. The molecule has 108 valence electrons. The Balaban J connectivity index is 2.30. The van der Waals surface area contributed by atoms with E-state index in [1.807, 2.05) is 10.7 Å². The van der Waals surface area contributed by atoms with E-state index in [4.69, 9.17) is 10.8 Å². The Bertz CT molecular complexity index is 547. The molecule has 2 rings (SSSR count). The maximum atomic E-state index is 6.17. The molecule has 0 amide bonds. The van der Waals surface area contributed by atoms with Gasteiger partial charge in [0.1, 0.15) is 5.82 Å². The van der Waals surface area contributed by atoms with Crippen LogP contribution in [-0.2, 0) is 0 Å². The molecule has 1 atom stereocenters. The van der Waals surface area contributed by atoms with E-state index in [0.717, 1.165) is 30.1 Å². The highest BCUT2D eigenvalue weighted by Crippen LogP contribution is 2.28. The van der Waals surface area contributed by atoms with Crippen LogP contribution in [0, 0.1) is 0 Å². The van der Waals surface area contributed by atoms with Gasteiger partial charge in [-0.2, -0.15) is 5.10 Å². The van der Waals surface area contributed by atoms with E-state index in [9.17, 15) is 0 Å². The molecule has 0 spiro atoms. The quantitative estimate of drug-likeness (QED) is 0.856. The smallest absolute Gasteiger partial charge is 0.127 e. The first-order valence-corrected chi connectivity index (χ1v) is 7.54. The second-order valence-corrected chi connectivity index (χ2v) is 5.53. The summed E-state index contributed by atoms with van der Waals surface area (Å²) < 4.78 is 1.90. The second kappa shape index (κ2) is 6.60. The standard InChI is InChI=1S/C17H25N3/c1-4-8-14(5-2)16-12-17(18)20(19-16)15-10-7-6-9-13(3)11-15/h6-7,9-10,12,14H,4-5,8,11,18H2,1-3H3. The monoisotopic (exact) mass is 271 g/mol. The molecule has 1 heterocycles. The Kier molecular flexibility index (Phi) is 4.83. The Morgan fingerprint density at radius 3 is 2.75 bits per heavy atom. The normalized spacial score (nSPS) is 16.6. The van der Waals surface area contributed by atoms with Crippen molar-refractivity contribution in [3.8, 4) is 0 Å². The van der Waals surface area contributed by atoms with Gasteiger partial charge in [0.25, 0.3) is 0 Å². The molecular weight excluding hydrogens is 246 g/mol. The van der Waals surface area contributed by atoms with Gasteiger partial charge in [-0.3, -0.25) is 0 Å². The molecule has 20 heavy (non-hydrogen) atoms. The summed E-state index contributed by atoms with van der Waals surface area (Å²) in [5.74, 6) is 1.26. The lowest BCUT2D eigenvalue weighted by molar-refractivity contribution is 0.575. The van der Waals surface area contributed by atoms with Crippen molar-refractivity contribution in [2.45, 2.75) is 52.4 Å². The molecule has 2 N–H and O–H groups in total. The highest BCUT2D eigenvalue weighted by Gasteiger charge is 2.16. The van der Waals surface area contributed by atoms with Crippen molar-refractivity contribution in [1.29, 1.82) is 0 Å². The third-order valence-corrected chi connectivity index (χ3v) is 3.82. The van der Waals surface area contributed by atoms with Crippen LogP contribution in [0.2, 0.25) is 0 Å². The fourth-order valence-corrected chi connectivity index (χ4v) is 2.69. The van der Waals surface area contributed by atoms with Crippen molar-refractivity contribution in [3.05, 3.63) is 41.6 Å². The third-order valence-electron chi connectivity index (χ3n) is 3.82. The van der Waals surface area contributed by atoms with Gasteiger partial charge < -0.3 is 5.73 Å². The molecule has 1 aliphatic carbocycles. The van der Waals surface area contributed by atoms with E-state index < -0.39 is 0 Å². The highest BCUT2D eigenvalue weighted by atomic mass is 15.3. The summed E-state index contributed by atoms with van der Waals surface area (Å²) in [6.45, 7) is 6.57. The average molecular weight is 271 g/mol. The zero-order valence-corrected chi connectivity index (χ0v) is 12.8. The number of rotatable bonds is 5. The summed E-state index contributed by atoms with van der Waals surface area (Å²) in [5, 5.41) is 4.76. The van der Waals surface area contributed by atoms with Gasteiger partial charge in [0.2, 0.25) is 0 Å². The second-order valence-electron chi connectivity index (χ2n) is 5.53. The minimum Gasteiger partial charge on any atom is -0.384 e. The van der Waals surface area contributed by atoms with E-state index in [1.165, 1.54) is 18.4 Å². The Morgan fingerprint density at radius 1 is 1.30 bits per heavy atom. The van der Waals surface area contributed by atoms with Crippen molar-refractivity contribution >= 4 is 11.5 Å². The number of anilines is 1. The summed E-state index contributed by atoms with van der Waals surface area (Å²) >= 11 is 0. The lowest BCUT2D eigenvalue weighted by Crippen LogP contribution is -2.05. The van der Waals surface area contributed by atoms with Gasteiger partial charge >= 0.3 is 0 Å². The lowest BCUT2D eigenvalue weighted by Gasteiger charge is -2.11. The van der Waals surface area contributed by atoms with Crippen molar-refractivity contribution in [2.75, 3.05) is 5.73 Å². The molecule has 0 aliphatic heterocycles. The first-order chi connectivity index (χ1) is 9.65. The minimum atomic E-state index is 0.516. The molecule has 1 unspecified atom stereocenters. The fraction of sp³-hybridized carbons (Fsp3) is 0.471. The van der Waals surface area contributed by atoms with Crippen LogP contribution in [0.25, 0.3) is 5.70 Å². The van der Waals surface area contributed by atoms with Crippen molar-refractivity contribution in [2.24, 2.45) is 0 Å². The van der Waals surface area contributed by atoms with Gasteiger partial charge in [-0.15, -0.1) is 0 Å². The Morgan fingerprint density at radius 2 is 2.05 bits per heavy atom. The first-order valence-electron chi connectivity index (χ1n) is 7.54. The number of nitrogens with two attached hydrogens (primary N) is 1. The number of hydrogen-bond acceptors (Lipinski definition) is 2. The maximum absolute atomic E-state index is 6.17. The van der Waals surface area contributed by atoms with Gasteiger partial charge in [-0.1, -0.05) is 44.1 Å². The lowest BCUT2D eigenvalue weighted by atomic mass is 9.97. The zero-order chi connectivity index (χ0) is 14.5. The molecule has 3 heteroatoms. The predicted molar refractivity (Wildman–Crippen MR) is 86.4 cm³/mol. The Hall–Kier alpha value is -1.77. The van der Waals surface area contributed by atoms with E-state index >= 15 is 0 Å². The molecule has 0 aromatic carbocycles. The van der Waals surface area contributed by atoms with E-state index in [-0.39, 0.29) is 0 Å². The van der Waals surface area contributed by atoms with Gasteiger partial charge in [-0.25, -0.2) is 4.68 Å². The molecular formula is C17H25N3. The predicted octanol–water partition coefficient (Wildman–Crippen LogP) is 4.51. The van der Waals surface area contributed by atoms with Gasteiger partial charge in [0.05, 0.1) is 5.69 Å². The average Bonchev–Trinajstić information content (AvgIpc) is 2.67. The highest BCUT2D eigenvalue weighted by molar-refractivity contribution is 5.58. The number of nitrogens with zero attached hydrogens (tertiary/aromatic N) is 2.